The summed E-state index contributed by atoms with van der Waals surface area (Å²) in [5.74, 6) is 1.99. The van der Waals surface area contributed by atoms with E-state index in [2.05, 4.69) is 19.9 Å². The second kappa shape index (κ2) is 9.31. The van der Waals surface area contributed by atoms with Gasteiger partial charge in [-0.25, -0.2) is 0 Å². The molecule has 152 valence electrons. The maximum Gasteiger partial charge on any atom is 0.246 e. The first-order valence-electron chi connectivity index (χ1n) is 10.8. The first-order valence-corrected chi connectivity index (χ1v) is 10.8. The number of nitrogens with zero attached hydrogens (tertiary/aromatic N) is 1. The van der Waals surface area contributed by atoms with Gasteiger partial charge < -0.3 is 14.1 Å². The summed E-state index contributed by atoms with van der Waals surface area (Å²) in [5, 5.41) is 1.17. The summed E-state index contributed by atoms with van der Waals surface area (Å²) in [7, 11) is 0. The fraction of sp³-hybridized carbons (Fsp3) is 0.542. The third-order valence-electron chi connectivity index (χ3n) is 5.42. The molecule has 0 saturated heterocycles. The molecule has 0 bridgehead atoms. The first-order chi connectivity index (χ1) is 13.6. The number of carbonyl (C=O) groups excluding carboxylic acids is 1. The van der Waals surface area contributed by atoms with Crippen LogP contribution < -0.4 is 4.74 Å². The van der Waals surface area contributed by atoms with Crippen LogP contribution in [0.25, 0.3) is 16.5 Å². The summed E-state index contributed by atoms with van der Waals surface area (Å²) >= 11 is 0. The Balaban J connectivity index is 2.01. The molecular weight excluding hydrogens is 350 g/mol. The van der Waals surface area contributed by atoms with E-state index in [-0.39, 0.29) is 5.91 Å². The third kappa shape index (κ3) is 4.26. The fourth-order valence-electron chi connectivity index (χ4n) is 4.10. The van der Waals surface area contributed by atoms with E-state index in [1.165, 1.54) is 23.8 Å². The van der Waals surface area contributed by atoms with Crippen LogP contribution in [0.4, 0.5) is 0 Å². The van der Waals surface area contributed by atoms with Crippen molar-refractivity contribution in [3.8, 4) is 5.75 Å². The predicted octanol–water partition coefficient (Wildman–Crippen LogP) is 5.76. The summed E-state index contributed by atoms with van der Waals surface area (Å²) in [6.45, 7) is 10.4. The van der Waals surface area contributed by atoms with Gasteiger partial charge in [0.25, 0.3) is 0 Å². The Morgan fingerprint density at radius 3 is 2.54 bits per heavy atom. The van der Waals surface area contributed by atoms with Crippen LogP contribution in [0.3, 0.4) is 0 Å². The zero-order chi connectivity index (χ0) is 20.1. The van der Waals surface area contributed by atoms with E-state index in [1.54, 1.807) is 6.08 Å². The molecule has 1 aromatic heterocycles. The van der Waals surface area contributed by atoms with Crippen LogP contribution in [0.15, 0.2) is 22.6 Å². The van der Waals surface area contributed by atoms with Gasteiger partial charge in [0.15, 0.2) is 0 Å². The van der Waals surface area contributed by atoms with Crippen LogP contribution in [0.1, 0.15) is 70.3 Å². The number of ether oxygens (including phenoxy) is 1. The minimum absolute atomic E-state index is 0.0815. The Hall–Kier alpha value is -2.23. The molecule has 4 heteroatoms. The van der Waals surface area contributed by atoms with Crippen molar-refractivity contribution in [2.24, 2.45) is 0 Å². The maximum atomic E-state index is 12.8. The van der Waals surface area contributed by atoms with Gasteiger partial charge >= 0.3 is 0 Å². The molecule has 0 saturated carbocycles. The van der Waals surface area contributed by atoms with Crippen molar-refractivity contribution in [1.29, 1.82) is 0 Å². The lowest BCUT2D eigenvalue weighted by molar-refractivity contribution is -0.126. The van der Waals surface area contributed by atoms with Crippen LogP contribution >= 0.6 is 0 Å². The van der Waals surface area contributed by atoms with Gasteiger partial charge in [0, 0.05) is 48.2 Å². The van der Waals surface area contributed by atoms with Crippen molar-refractivity contribution in [2.45, 2.75) is 66.2 Å². The molecule has 1 aliphatic rings. The van der Waals surface area contributed by atoms with Crippen LogP contribution in [0.5, 0.6) is 5.75 Å². The Kier molecular flexibility index (Phi) is 6.82. The van der Waals surface area contributed by atoms with Crippen molar-refractivity contribution >= 4 is 22.4 Å². The molecule has 1 heterocycles. The number of aryl methyl sites for hydroxylation is 2. The van der Waals surface area contributed by atoms with Crippen molar-refractivity contribution in [2.75, 3.05) is 19.7 Å². The number of allylic oxidation sites excluding steroid dienone is 1. The summed E-state index contributed by atoms with van der Waals surface area (Å²) in [6, 6.07) is 4.17. The van der Waals surface area contributed by atoms with E-state index >= 15 is 0 Å². The summed E-state index contributed by atoms with van der Waals surface area (Å²) < 4.78 is 12.0. The molecule has 1 aromatic carbocycles. The second-order valence-corrected chi connectivity index (χ2v) is 7.64. The zero-order valence-corrected chi connectivity index (χ0v) is 17.8. The smallest absolute Gasteiger partial charge is 0.246 e. The molecule has 4 nitrogen and oxygen atoms in total. The highest BCUT2D eigenvalue weighted by molar-refractivity contribution is 5.97. The molecule has 0 N–H and O–H groups in total. The molecule has 0 radical (unpaired) electrons. The number of fused-ring (bicyclic) bond motifs is 3. The average Bonchev–Trinajstić information content (AvgIpc) is 3.04. The summed E-state index contributed by atoms with van der Waals surface area (Å²) in [4.78, 5) is 14.7. The van der Waals surface area contributed by atoms with Crippen LogP contribution in [0, 0.1) is 0 Å². The SMILES string of the molecule is CCCN(CCC)C(=O)/C=C(\C)c1cc2c3c(oc2cc1OCC)CCCC3. The lowest BCUT2D eigenvalue weighted by Crippen LogP contribution is -2.31. The number of amides is 1. The lowest BCUT2D eigenvalue weighted by Gasteiger charge is -2.20. The second-order valence-electron chi connectivity index (χ2n) is 7.64. The number of benzene rings is 1. The molecule has 0 aliphatic heterocycles. The van der Waals surface area contributed by atoms with Gasteiger partial charge in [-0.15, -0.1) is 0 Å². The quantitative estimate of drug-likeness (QED) is 0.544. The standard InChI is InChI=1S/C24H33NO3/c1-5-12-25(13-6-2)24(26)14-17(4)19-15-20-18-10-8-9-11-21(18)28-23(20)16-22(19)27-7-3/h14-16H,5-13H2,1-4H3/b17-14+. The number of hydrogen-bond donors (Lipinski definition) is 0. The topological polar surface area (TPSA) is 42.7 Å². The maximum absolute atomic E-state index is 12.8. The Labute approximate surface area is 168 Å². The Bertz CT molecular complexity index is 856. The van der Waals surface area contributed by atoms with E-state index in [4.69, 9.17) is 9.15 Å². The van der Waals surface area contributed by atoms with Crippen LogP contribution in [-0.2, 0) is 17.6 Å². The lowest BCUT2D eigenvalue weighted by atomic mass is 9.94. The largest absolute Gasteiger partial charge is 0.493 e. The number of carbonyl (C=O) groups is 1. The van der Waals surface area contributed by atoms with Gasteiger partial charge in [0.05, 0.1) is 6.61 Å². The van der Waals surface area contributed by atoms with Gasteiger partial charge in [0.1, 0.15) is 17.1 Å². The monoisotopic (exact) mass is 383 g/mol. The van der Waals surface area contributed by atoms with Crippen molar-refractivity contribution < 1.29 is 13.9 Å². The highest BCUT2D eigenvalue weighted by Gasteiger charge is 2.21. The van der Waals surface area contributed by atoms with E-state index in [1.807, 2.05) is 24.8 Å². The molecule has 0 spiro atoms. The molecule has 28 heavy (non-hydrogen) atoms. The average molecular weight is 384 g/mol. The van der Waals surface area contributed by atoms with Gasteiger partial charge in [-0.2, -0.15) is 0 Å². The fourth-order valence-corrected chi connectivity index (χ4v) is 4.10. The summed E-state index contributed by atoms with van der Waals surface area (Å²) in [5.41, 5.74) is 4.17. The molecule has 3 rings (SSSR count). The van der Waals surface area contributed by atoms with Gasteiger partial charge in [-0.05, 0) is 57.6 Å². The van der Waals surface area contributed by atoms with E-state index in [9.17, 15) is 4.79 Å². The third-order valence-corrected chi connectivity index (χ3v) is 5.42. The molecule has 1 aliphatic carbocycles. The van der Waals surface area contributed by atoms with Crippen molar-refractivity contribution in [3.63, 3.8) is 0 Å². The van der Waals surface area contributed by atoms with Gasteiger partial charge in [-0.1, -0.05) is 13.8 Å². The van der Waals surface area contributed by atoms with E-state index in [0.717, 1.165) is 67.0 Å². The molecule has 0 unspecified atom stereocenters. The number of hydrogen-bond acceptors (Lipinski definition) is 3. The zero-order valence-electron chi connectivity index (χ0n) is 17.8. The number of furan rings is 1. The Morgan fingerprint density at radius 2 is 1.86 bits per heavy atom. The molecule has 2 aromatic rings. The first kappa shape index (κ1) is 20.5. The normalized spacial score (nSPS) is 14.2. The van der Waals surface area contributed by atoms with E-state index < -0.39 is 0 Å². The van der Waals surface area contributed by atoms with Crippen molar-refractivity contribution in [3.05, 3.63) is 35.1 Å². The van der Waals surface area contributed by atoms with E-state index in [0.29, 0.717) is 6.61 Å². The minimum atomic E-state index is 0.0815. The highest BCUT2D eigenvalue weighted by atomic mass is 16.5. The summed E-state index contributed by atoms with van der Waals surface area (Å²) in [6.07, 6.45) is 8.18. The van der Waals surface area contributed by atoms with Gasteiger partial charge in [-0.3, -0.25) is 4.79 Å². The highest BCUT2D eigenvalue weighted by Crippen LogP contribution is 2.38. The Morgan fingerprint density at radius 1 is 1.14 bits per heavy atom. The van der Waals surface area contributed by atoms with Crippen LogP contribution in [-0.4, -0.2) is 30.5 Å². The van der Waals surface area contributed by atoms with Gasteiger partial charge in [0.2, 0.25) is 5.91 Å². The predicted molar refractivity (Wildman–Crippen MR) is 115 cm³/mol. The molecule has 0 fully saturated rings. The molecule has 1 amide bonds. The minimum Gasteiger partial charge on any atom is -0.493 e. The number of rotatable bonds is 8. The molecule has 0 atom stereocenters. The van der Waals surface area contributed by atoms with Crippen LogP contribution in [0.2, 0.25) is 0 Å². The molecular formula is C24H33NO3. The van der Waals surface area contributed by atoms with Crippen molar-refractivity contribution in [1.82, 2.24) is 4.90 Å².